The molecule has 1 aromatic carbocycles. The predicted molar refractivity (Wildman–Crippen MR) is 74.1 cm³/mol. The fourth-order valence-corrected chi connectivity index (χ4v) is 2.26. The van der Waals surface area contributed by atoms with Crippen LogP contribution in [-0.4, -0.2) is 12.5 Å². The summed E-state index contributed by atoms with van der Waals surface area (Å²) in [7, 11) is 0. The lowest BCUT2D eigenvalue weighted by Crippen LogP contribution is -2.26. The van der Waals surface area contributed by atoms with Crippen molar-refractivity contribution in [1.82, 2.24) is 5.32 Å². The molecular formula is C15H22N2O. The van der Waals surface area contributed by atoms with Gasteiger partial charge in [0.15, 0.2) is 0 Å². The van der Waals surface area contributed by atoms with Crippen molar-refractivity contribution in [3.05, 3.63) is 29.8 Å². The summed E-state index contributed by atoms with van der Waals surface area (Å²) in [5.74, 6) is 0.800. The Morgan fingerprint density at radius 2 is 2.22 bits per heavy atom. The van der Waals surface area contributed by atoms with Gasteiger partial charge in [-0.1, -0.05) is 26.0 Å². The van der Waals surface area contributed by atoms with E-state index in [4.69, 9.17) is 5.73 Å². The molecule has 0 bridgehead atoms. The van der Waals surface area contributed by atoms with Gasteiger partial charge in [0.2, 0.25) is 5.91 Å². The van der Waals surface area contributed by atoms with E-state index in [0.29, 0.717) is 17.8 Å². The summed E-state index contributed by atoms with van der Waals surface area (Å²) in [5, 5.41) is 3.01. The zero-order chi connectivity index (χ0) is 13.2. The van der Waals surface area contributed by atoms with Gasteiger partial charge in [-0.25, -0.2) is 0 Å². The van der Waals surface area contributed by atoms with Crippen molar-refractivity contribution in [1.29, 1.82) is 0 Å². The van der Waals surface area contributed by atoms with E-state index in [9.17, 15) is 4.79 Å². The zero-order valence-corrected chi connectivity index (χ0v) is 11.2. The summed E-state index contributed by atoms with van der Waals surface area (Å²) in [6.45, 7) is 5.32. The molecule has 98 valence electrons. The number of hydrogen-bond acceptors (Lipinski definition) is 2. The third-order valence-electron chi connectivity index (χ3n) is 3.85. The van der Waals surface area contributed by atoms with E-state index in [1.807, 2.05) is 24.3 Å². The van der Waals surface area contributed by atoms with Crippen molar-refractivity contribution in [2.75, 3.05) is 12.3 Å². The maximum absolute atomic E-state index is 11.7. The Balaban J connectivity index is 1.69. The molecule has 0 aromatic heterocycles. The summed E-state index contributed by atoms with van der Waals surface area (Å²) >= 11 is 0. The number of aryl methyl sites for hydroxylation is 1. The molecule has 2 rings (SSSR count). The van der Waals surface area contributed by atoms with Crippen molar-refractivity contribution in [2.24, 2.45) is 11.3 Å². The van der Waals surface area contributed by atoms with Crippen molar-refractivity contribution < 1.29 is 4.79 Å². The van der Waals surface area contributed by atoms with Crippen molar-refractivity contribution in [3.8, 4) is 0 Å². The average molecular weight is 246 g/mol. The molecule has 1 saturated carbocycles. The molecule has 1 amide bonds. The summed E-state index contributed by atoms with van der Waals surface area (Å²) in [6.07, 6.45) is 2.52. The molecule has 18 heavy (non-hydrogen) atoms. The van der Waals surface area contributed by atoms with Crippen LogP contribution in [0.15, 0.2) is 24.3 Å². The summed E-state index contributed by atoms with van der Waals surface area (Å²) in [4.78, 5) is 11.7. The molecule has 1 fully saturated rings. The highest BCUT2D eigenvalue weighted by Gasteiger charge is 2.45. The SMILES string of the molecule is CC1(C)CC1CNC(=O)CCc1cccc(N)c1. The molecular weight excluding hydrogens is 224 g/mol. The fourth-order valence-electron chi connectivity index (χ4n) is 2.26. The van der Waals surface area contributed by atoms with E-state index in [2.05, 4.69) is 19.2 Å². The Hall–Kier alpha value is -1.51. The first-order valence-corrected chi connectivity index (χ1v) is 6.58. The number of nitrogens with one attached hydrogen (secondary N) is 1. The van der Waals surface area contributed by atoms with Crippen LogP contribution in [0, 0.1) is 11.3 Å². The standard InChI is InChI=1S/C15H22N2O/c1-15(2)9-12(15)10-17-14(18)7-6-11-4-3-5-13(16)8-11/h3-5,8,12H,6-7,9-10,16H2,1-2H3,(H,17,18). The first kappa shape index (κ1) is 12.9. The summed E-state index contributed by atoms with van der Waals surface area (Å²) in [6, 6.07) is 7.72. The van der Waals surface area contributed by atoms with Crippen LogP contribution >= 0.6 is 0 Å². The Morgan fingerprint density at radius 1 is 1.50 bits per heavy atom. The van der Waals surface area contributed by atoms with Crippen LogP contribution in [0.25, 0.3) is 0 Å². The molecule has 1 aliphatic carbocycles. The largest absolute Gasteiger partial charge is 0.399 e. The highest BCUT2D eigenvalue weighted by Crippen LogP contribution is 2.50. The minimum Gasteiger partial charge on any atom is -0.399 e. The minimum absolute atomic E-state index is 0.139. The molecule has 3 heteroatoms. The Kier molecular flexibility index (Phi) is 3.60. The van der Waals surface area contributed by atoms with Gasteiger partial charge in [-0.05, 0) is 41.9 Å². The molecule has 0 aliphatic heterocycles. The van der Waals surface area contributed by atoms with E-state index < -0.39 is 0 Å². The van der Waals surface area contributed by atoms with Gasteiger partial charge in [0.05, 0.1) is 0 Å². The predicted octanol–water partition coefficient (Wildman–Crippen LogP) is 2.36. The average Bonchev–Trinajstić information content (AvgIpc) is 2.92. The molecule has 3 N–H and O–H groups in total. The normalized spacial score (nSPS) is 20.4. The highest BCUT2D eigenvalue weighted by molar-refractivity contribution is 5.76. The van der Waals surface area contributed by atoms with Crippen molar-refractivity contribution in [3.63, 3.8) is 0 Å². The third-order valence-corrected chi connectivity index (χ3v) is 3.85. The van der Waals surface area contributed by atoms with E-state index >= 15 is 0 Å². The van der Waals surface area contributed by atoms with Crippen LogP contribution < -0.4 is 11.1 Å². The quantitative estimate of drug-likeness (QED) is 0.784. The highest BCUT2D eigenvalue weighted by atomic mass is 16.1. The van der Waals surface area contributed by atoms with Gasteiger partial charge in [-0.3, -0.25) is 4.79 Å². The van der Waals surface area contributed by atoms with E-state index in [1.54, 1.807) is 0 Å². The lowest BCUT2D eigenvalue weighted by Gasteiger charge is -2.07. The number of carbonyl (C=O) groups excluding carboxylic acids is 1. The molecule has 3 nitrogen and oxygen atoms in total. The second-order valence-corrected chi connectivity index (χ2v) is 5.94. The number of anilines is 1. The van der Waals surface area contributed by atoms with Gasteiger partial charge in [0.1, 0.15) is 0 Å². The summed E-state index contributed by atoms with van der Waals surface area (Å²) < 4.78 is 0. The molecule has 0 saturated heterocycles. The maximum atomic E-state index is 11.7. The Morgan fingerprint density at radius 3 is 2.83 bits per heavy atom. The van der Waals surface area contributed by atoms with Crippen LogP contribution in [0.3, 0.4) is 0 Å². The van der Waals surface area contributed by atoms with Crippen LogP contribution in [0.5, 0.6) is 0 Å². The van der Waals surface area contributed by atoms with E-state index in [1.165, 1.54) is 6.42 Å². The monoisotopic (exact) mass is 246 g/mol. The number of hydrogen-bond donors (Lipinski definition) is 2. The van der Waals surface area contributed by atoms with Crippen LogP contribution in [0.1, 0.15) is 32.3 Å². The third kappa shape index (κ3) is 3.49. The Bertz CT molecular complexity index is 440. The zero-order valence-electron chi connectivity index (χ0n) is 11.2. The van der Waals surface area contributed by atoms with Crippen LogP contribution in [0.2, 0.25) is 0 Å². The second kappa shape index (κ2) is 5.01. The molecule has 1 aromatic rings. The van der Waals surface area contributed by atoms with Gasteiger partial charge >= 0.3 is 0 Å². The number of nitrogens with two attached hydrogens (primary N) is 1. The number of nitrogen functional groups attached to an aromatic ring is 1. The van der Waals surface area contributed by atoms with E-state index in [0.717, 1.165) is 24.2 Å². The van der Waals surface area contributed by atoms with Crippen molar-refractivity contribution in [2.45, 2.75) is 33.1 Å². The summed E-state index contributed by atoms with van der Waals surface area (Å²) in [5.41, 5.74) is 8.01. The van der Waals surface area contributed by atoms with Gasteiger partial charge in [0, 0.05) is 18.7 Å². The topological polar surface area (TPSA) is 55.1 Å². The smallest absolute Gasteiger partial charge is 0.220 e. The minimum atomic E-state index is 0.139. The Labute approximate surface area is 109 Å². The first-order valence-electron chi connectivity index (χ1n) is 6.58. The van der Waals surface area contributed by atoms with Gasteiger partial charge in [0.25, 0.3) is 0 Å². The molecule has 0 heterocycles. The lowest BCUT2D eigenvalue weighted by atomic mass is 10.1. The van der Waals surface area contributed by atoms with E-state index in [-0.39, 0.29) is 5.91 Å². The van der Waals surface area contributed by atoms with Crippen molar-refractivity contribution >= 4 is 11.6 Å². The molecule has 1 unspecified atom stereocenters. The van der Waals surface area contributed by atoms with Gasteiger partial charge in [-0.2, -0.15) is 0 Å². The maximum Gasteiger partial charge on any atom is 0.220 e. The number of rotatable bonds is 5. The van der Waals surface area contributed by atoms with Gasteiger partial charge < -0.3 is 11.1 Å². The number of carbonyl (C=O) groups is 1. The molecule has 0 radical (unpaired) electrons. The molecule has 1 atom stereocenters. The first-order chi connectivity index (χ1) is 8.47. The lowest BCUT2D eigenvalue weighted by molar-refractivity contribution is -0.121. The van der Waals surface area contributed by atoms with Gasteiger partial charge in [-0.15, -0.1) is 0 Å². The van der Waals surface area contributed by atoms with Crippen LogP contribution in [0.4, 0.5) is 5.69 Å². The molecule has 1 aliphatic rings. The number of benzene rings is 1. The fraction of sp³-hybridized carbons (Fsp3) is 0.533. The van der Waals surface area contributed by atoms with Crippen LogP contribution in [-0.2, 0) is 11.2 Å². The second-order valence-electron chi connectivity index (χ2n) is 5.94. The molecule has 0 spiro atoms. The number of amides is 1.